The molecule has 7 saturated carbocycles. The van der Waals surface area contributed by atoms with E-state index < -0.39 is 12.2 Å². The fourth-order valence-electron chi connectivity index (χ4n) is 11.2. The molecule has 0 radical (unpaired) electrons. The highest BCUT2D eigenvalue weighted by Gasteiger charge is 2.63. The molecular formula is C30H44O6. The van der Waals surface area contributed by atoms with Gasteiger partial charge in [0.2, 0.25) is 0 Å². The molecule has 0 amide bonds. The summed E-state index contributed by atoms with van der Waals surface area (Å²) in [6.07, 6.45) is 8.77. The van der Waals surface area contributed by atoms with E-state index in [4.69, 9.17) is 9.47 Å². The van der Waals surface area contributed by atoms with Gasteiger partial charge in [-0.3, -0.25) is 9.59 Å². The number of ether oxygens (including phenoxy) is 2. The molecule has 0 aromatic rings. The molecule has 16 atom stereocenters. The topological polar surface area (TPSA) is 93.1 Å². The molecule has 6 heteroatoms. The normalized spacial score (nSPS) is 52.9. The lowest BCUT2D eigenvalue weighted by Gasteiger charge is -2.38. The first-order valence-electron chi connectivity index (χ1n) is 15.1. The van der Waals surface area contributed by atoms with E-state index in [1.165, 1.54) is 25.7 Å². The van der Waals surface area contributed by atoms with Crippen molar-refractivity contribution in [3.05, 3.63) is 0 Å². The summed E-state index contributed by atoms with van der Waals surface area (Å²) >= 11 is 0. The first-order valence-corrected chi connectivity index (χ1v) is 15.1. The second kappa shape index (κ2) is 8.69. The molecule has 7 aliphatic rings. The van der Waals surface area contributed by atoms with Crippen molar-refractivity contribution in [1.29, 1.82) is 0 Å². The van der Waals surface area contributed by atoms with E-state index in [1.54, 1.807) is 0 Å². The average molecular weight is 501 g/mol. The number of rotatable bonds is 7. The zero-order chi connectivity index (χ0) is 24.9. The maximum absolute atomic E-state index is 13.2. The van der Waals surface area contributed by atoms with Crippen LogP contribution < -0.4 is 0 Å². The SMILES string of the molecule is CCC(CC(C)C(=O)OC1CC2CC1C1C3CCC(C3)C21)C(=O)OC1CC2CC1C1C(O)C(O)CC21. The van der Waals surface area contributed by atoms with Crippen molar-refractivity contribution in [2.45, 2.75) is 102 Å². The number of fused-ring (bicyclic) bond motifs is 14. The fourth-order valence-corrected chi connectivity index (χ4v) is 11.2. The number of carbonyl (C=O) groups is 2. The predicted molar refractivity (Wildman–Crippen MR) is 131 cm³/mol. The van der Waals surface area contributed by atoms with Crippen LogP contribution in [-0.2, 0) is 19.1 Å². The number of esters is 2. The van der Waals surface area contributed by atoms with Gasteiger partial charge in [0.1, 0.15) is 12.2 Å². The Kier molecular flexibility index (Phi) is 5.78. The van der Waals surface area contributed by atoms with Crippen molar-refractivity contribution in [1.82, 2.24) is 0 Å². The van der Waals surface area contributed by atoms with E-state index in [-0.39, 0.29) is 47.8 Å². The van der Waals surface area contributed by atoms with Crippen LogP contribution in [0.3, 0.4) is 0 Å². The van der Waals surface area contributed by atoms with E-state index >= 15 is 0 Å². The lowest BCUT2D eigenvalue weighted by Crippen LogP contribution is -2.39. The Labute approximate surface area is 214 Å². The third kappa shape index (κ3) is 3.48. The van der Waals surface area contributed by atoms with Crippen LogP contribution in [0.15, 0.2) is 0 Å². The van der Waals surface area contributed by atoms with Crippen molar-refractivity contribution in [3.8, 4) is 0 Å². The van der Waals surface area contributed by atoms with Gasteiger partial charge in [-0.15, -0.1) is 0 Å². The summed E-state index contributed by atoms with van der Waals surface area (Å²) < 4.78 is 12.2. The standard InChI is InChI=1S/C30H44O6/c1-3-14(30(34)36-23-10-17-8-21(23)27-19(17)12-22(31)28(27)32)6-13(2)29(33)35-24-11-18-9-20(24)26-16-5-4-15(7-16)25(18)26/h13-28,31-32H,3-12H2,1-2H3. The number of carbonyl (C=O) groups excluding carboxylic acids is 2. The smallest absolute Gasteiger partial charge is 0.309 e. The largest absolute Gasteiger partial charge is 0.462 e. The van der Waals surface area contributed by atoms with E-state index in [1.807, 2.05) is 13.8 Å². The fraction of sp³-hybridized carbons (Fsp3) is 0.933. The monoisotopic (exact) mass is 500 g/mol. The van der Waals surface area contributed by atoms with Crippen LogP contribution in [0.25, 0.3) is 0 Å². The zero-order valence-electron chi connectivity index (χ0n) is 21.8. The molecule has 0 aliphatic heterocycles. The van der Waals surface area contributed by atoms with Gasteiger partial charge >= 0.3 is 11.9 Å². The molecular weight excluding hydrogens is 456 g/mol. The highest BCUT2D eigenvalue weighted by Crippen LogP contribution is 2.68. The molecule has 7 aliphatic carbocycles. The summed E-state index contributed by atoms with van der Waals surface area (Å²) in [7, 11) is 0. The van der Waals surface area contributed by atoms with E-state index in [0.29, 0.717) is 37.0 Å². The molecule has 0 aromatic heterocycles. The van der Waals surface area contributed by atoms with Crippen LogP contribution in [0.1, 0.15) is 78.1 Å². The Hall–Kier alpha value is -1.14. The molecule has 0 spiro atoms. The van der Waals surface area contributed by atoms with Gasteiger partial charge in [0.25, 0.3) is 0 Å². The number of hydrogen-bond donors (Lipinski definition) is 2. The number of aliphatic hydroxyl groups excluding tert-OH is 2. The minimum absolute atomic E-state index is 0.0574. The molecule has 36 heavy (non-hydrogen) atoms. The summed E-state index contributed by atoms with van der Waals surface area (Å²) in [5, 5.41) is 20.6. The second-order valence-corrected chi connectivity index (χ2v) is 14.0. The lowest BCUT2D eigenvalue weighted by atomic mass is 9.70. The van der Waals surface area contributed by atoms with Gasteiger partial charge in [-0.2, -0.15) is 0 Å². The van der Waals surface area contributed by atoms with Crippen LogP contribution >= 0.6 is 0 Å². The molecule has 7 fully saturated rings. The molecule has 6 bridgehead atoms. The number of hydrogen-bond acceptors (Lipinski definition) is 6. The van der Waals surface area contributed by atoms with E-state index in [0.717, 1.165) is 48.9 Å². The van der Waals surface area contributed by atoms with Gasteiger partial charge < -0.3 is 19.7 Å². The highest BCUT2D eigenvalue weighted by molar-refractivity contribution is 5.76. The first-order chi connectivity index (χ1) is 17.3. The van der Waals surface area contributed by atoms with Gasteiger partial charge in [-0.25, -0.2) is 0 Å². The average Bonchev–Trinajstić information content (AvgIpc) is 3.68. The summed E-state index contributed by atoms with van der Waals surface area (Å²) in [5.41, 5.74) is 0. The van der Waals surface area contributed by atoms with Crippen molar-refractivity contribution < 1.29 is 29.3 Å². The van der Waals surface area contributed by atoms with Gasteiger partial charge in [0, 0.05) is 5.92 Å². The minimum Gasteiger partial charge on any atom is -0.462 e. The van der Waals surface area contributed by atoms with E-state index in [9.17, 15) is 19.8 Å². The molecule has 2 N–H and O–H groups in total. The van der Waals surface area contributed by atoms with Crippen molar-refractivity contribution >= 4 is 11.9 Å². The molecule has 0 aromatic carbocycles. The van der Waals surface area contributed by atoms with Gasteiger partial charge in [-0.1, -0.05) is 13.8 Å². The Bertz CT molecular complexity index is 904. The molecule has 16 unspecified atom stereocenters. The first kappa shape index (κ1) is 23.9. The molecule has 6 nitrogen and oxygen atoms in total. The minimum atomic E-state index is -0.691. The Morgan fingerprint density at radius 3 is 2.14 bits per heavy atom. The molecule has 0 heterocycles. The van der Waals surface area contributed by atoms with Crippen LogP contribution in [0, 0.1) is 71.0 Å². The Balaban J connectivity index is 0.928. The predicted octanol–water partition coefficient (Wildman–Crippen LogP) is 3.96. The van der Waals surface area contributed by atoms with Crippen molar-refractivity contribution in [2.24, 2.45) is 71.0 Å². The van der Waals surface area contributed by atoms with Gasteiger partial charge in [0.15, 0.2) is 0 Å². The third-order valence-electron chi connectivity index (χ3n) is 12.6. The van der Waals surface area contributed by atoms with Gasteiger partial charge in [0.05, 0.1) is 24.0 Å². The van der Waals surface area contributed by atoms with Crippen molar-refractivity contribution in [3.63, 3.8) is 0 Å². The summed E-state index contributed by atoms with van der Waals surface area (Å²) in [4.78, 5) is 26.3. The highest BCUT2D eigenvalue weighted by atomic mass is 16.5. The summed E-state index contributed by atoms with van der Waals surface area (Å²) in [5.74, 6) is 4.94. The second-order valence-electron chi connectivity index (χ2n) is 14.0. The quantitative estimate of drug-likeness (QED) is 0.406. The molecule has 7 rings (SSSR count). The van der Waals surface area contributed by atoms with Gasteiger partial charge in [-0.05, 0) is 117 Å². The van der Waals surface area contributed by atoms with Crippen LogP contribution in [0.2, 0.25) is 0 Å². The Morgan fingerprint density at radius 1 is 0.750 bits per heavy atom. The maximum Gasteiger partial charge on any atom is 0.309 e. The number of aliphatic hydroxyl groups is 2. The molecule has 0 saturated heterocycles. The zero-order valence-corrected chi connectivity index (χ0v) is 21.8. The summed E-state index contributed by atoms with van der Waals surface area (Å²) in [6.45, 7) is 3.90. The van der Waals surface area contributed by atoms with Crippen LogP contribution in [0.5, 0.6) is 0 Å². The van der Waals surface area contributed by atoms with Crippen molar-refractivity contribution in [2.75, 3.05) is 0 Å². The van der Waals surface area contributed by atoms with Crippen LogP contribution in [-0.4, -0.2) is 46.6 Å². The maximum atomic E-state index is 13.2. The molecule has 200 valence electrons. The van der Waals surface area contributed by atoms with Crippen LogP contribution in [0.4, 0.5) is 0 Å². The van der Waals surface area contributed by atoms with E-state index in [2.05, 4.69) is 0 Å². The Morgan fingerprint density at radius 2 is 1.39 bits per heavy atom. The summed E-state index contributed by atoms with van der Waals surface area (Å²) in [6, 6.07) is 0. The lowest BCUT2D eigenvalue weighted by molar-refractivity contribution is -0.163. The third-order valence-corrected chi connectivity index (χ3v) is 12.6.